The molecule has 12 heavy (non-hydrogen) atoms. The Bertz CT molecular complexity index is 188. The summed E-state index contributed by atoms with van der Waals surface area (Å²) < 4.78 is 0. The Morgan fingerprint density at radius 2 is 2.08 bits per heavy atom. The Kier molecular flexibility index (Phi) is 2.57. The summed E-state index contributed by atoms with van der Waals surface area (Å²) in [5, 5.41) is 0. The van der Waals surface area contributed by atoms with Crippen LogP contribution in [-0.4, -0.2) is 30.3 Å². The first kappa shape index (κ1) is 9.72. The molecule has 2 heteroatoms. The van der Waals surface area contributed by atoms with Crippen molar-refractivity contribution in [1.82, 2.24) is 4.90 Å². The fraction of sp³-hybridized carbons (Fsp3) is 0.900. The summed E-state index contributed by atoms with van der Waals surface area (Å²) in [5.41, 5.74) is -0.188. The Morgan fingerprint density at radius 1 is 1.50 bits per heavy atom. The van der Waals surface area contributed by atoms with Crippen molar-refractivity contribution in [3.63, 3.8) is 0 Å². The van der Waals surface area contributed by atoms with Crippen molar-refractivity contribution in [1.29, 1.82) is 0 Å². The van der Waals surface area contributed by atoms with Gasteiger partial charge in [0.1, 0.15) is 0 Å². The van der Waals surface area contributed by atoms with Crippen LogP contribution in [0.5, 0.6) is 0 Å². The Morgan fingerprint density at radius 3 is 2.50 bits per heavy atom. The van der Waals surface area contributed by atoms with Gasteiger partial charge in [0.25, 0.3) is 0 Å². The maximum Gasteiger partial charge on any atom is 0.153 e. The second kappa shape index (κ2) is 3.17. The highest BCUT2D eigenvalue weighted by Gasteiger charge is 2.38. The first-order chi connectivity index (χ1) is 5.47. The summed E-state index contributed by atoms with van der Waals surface area (Å²) in [6.07, 6.45) is 2.95. The molecular weight excluding hydrogens is 150 g/mol. The summed E-state index contributed by atoms with van der Waals surface area (Å²) in [4.78, 5) is 13.8. The molecule has 2 atom stereocenters. The molecule has 0 aromatic carbocycles. The molecule has 0 bridgehead atoms. The van der Waals surface area contributed by atoms with Crippen LogP contribution in [0.15, 0.2) is 0 Å². The molecule has 0 aliphatic heterocycles. The normalized spacial score (nSPS) is 37.4. The van der Waals surface area contributed by atoms with Gasteiger partial charge in [-0.1, -0.05) is 6.92 Å². The number of hydrogen-bond donors (Lipinski definition) is 0. The minimum atomic E-state index is -0.188. The van der Waals surface area contributed by atoms with Crippen LogP contribution >= 0.6 is 0 Å². The third kappa shape index (κ3) is 1.53. The number of carbonyl (C=O) groups is 1. The van der Waals surface area contributed by atoms with Crippen LogP contribution in [0.1, 0.15) is 33.1 Å². The maximum absolute atomic E-state index is 11.7. The Hall–Kier alpha value is -0.370. The smallest absolute Gasteiger partial charge is 0.153 e. The molecule has 0 spiro atoms. The van der Waals surface area contributed by atoms with E-state index in [4.69, 9.17) is 0 Å². The van der Waals surface area contributed by atoms with Crippen molar-refractivity contribution in [3.05, 3.63) is 0 Å². The van der Waals surface area contributed by atoms with E-state index in [1.165, 1.54) is 6.42 Å². The van der Waals surface area contributed by atoms with Gasteiger partial charge in [-0.25, -0.2) is 0 Å². The molecule has 2 unspecified atom stereocenters. The predicted octanol–water partition coefficient (Wildman–Crippen LogP) is 1.70. The van der Waals surface area contributed by atoms with E-state index in [1.54, 1.807) is 0 Å². The van der Waals surface area contributed by atoms with Crippen molar-refractivity contribution in [3.8, 4) is 0 Å². The van der Waals surface area contributed by atoms with E-state index in [9.17, 15) is 4.79 Å². The van der Waals surface area contributed by atoms with Crippen molar-refractivity contribution < 1.29 is 4.79 Å². The molecule has 0 heterocycles. The van der Waals surface area contributed by atoms with E-state index in [0.29, 0.717) is 11.7 Å². The van der Waals surface area contributed by atoms with Crippen LogP contribution in [0.3, 0.4) is 0 Å². The van der Waals surface area contributed by atoms with Crippen LogP contribution in [0.4, 0.5) is 0 Å². The van der Waals surface area contributed by atoms with Crippen LogP contribution in [0, 0.1) is 5.92 Å². The molecule has 0 N–H and O–H groups in total. The largest absolute Gasteiger partial charge is 0.298 e. The summed E-state index contributed by atoms with van der Waals surface area (Å²) in [6, 6.07) is 0. The van der Waals surface area contributed by atoms with Gasteiger partial charge < -0.3 is 0 Å². The van der Waals surface area contributed by atoms with Crippen LogP contribution in [0.25, 0.3) is 0 Å². The number of hydrogen-bond acceptors (Lipinski definition) is 2. The molecule has 2 nitrogen and oxygen atoms in total. The van der Waals surface area contributed by atoms with E-state index in [1.807, 2.05) is 14.1 Å². The molecule has 0 aromatic rings. The number of likely N-dealkylation sites (N-methyl/N-ethyl adjacent to an activating group) is 1. The van der Waals surface area contributed by atoms with Gasteiger partial charge in [-0.05, 0) is 39.8 Å². The zero-order valence-electron chi connectivity index (χ0n) is 8.55. The Balaban J connectivity index is 2.73. The number of Topliss-reactive ketones (excluding diaryl/α,β-unsaturated/α-hetero) is 1. The van der Waals surface area contributed by atoms with Gasteiger partial charge >= 0.3 is 0 Å². The molecule has 1 saturated carbocycles. The fourth-order valence-electron chi connectivity index (χ4n) is 1.78. The third-order valence-electron chi connectivity index (χ3n) is 3.25. The molecule has 0 amide bonds. The molecule has 1 fully saturated rings. The topological polar surface area (TPSA) is 20.3 Å². The maximum atomic E-state index is 11.7. The highest BCUT2D eigenvalue weighted by Crippen LogP contribution is 2.31. The first-order valence-corrected chi connectivity index (χ1v) is 4.67. The van der Waals surface area contributed by atoms with Gasteiger partial charge in [0.05, 0.1) is 5.54 Å². The standard InChI is InChI=1S/C10H19NO/c1-8-5-6-10(2,11(3)4)9(12)7-8/h8H,5-7H2,1-4H3. The lowest BCUT2D eigenvalue weighted by atomic mass is 9.76. The van der Waals surface area contributed by atoms with Crippen LogP contribution in [0.2, 0.25) is 0 Å². The molecule has 1 aliphatic carbocycles. The van der Waals surface area contributed by atoms with Crippen molar-refractivity contribution in [2.75, 3.05) is 14.1 Å². The van der Waals surface area contributed by atoms with Gasteiger partial charge in [0, 0.05) is 6.42 Å². The molecular formula is C10H19NO. The Labute approximate surface area is 74.9 Å². The molecule has 1 rings (SSSR count). The number of carbonyl (C=O) groups excluding carboxylic acids is 1. The van der Waals surface area contributed by atoms with Gasteiger partial charge in [0.2, 0.25) is 0 Å². The zero-order valence-corrected chi connectivity index (χ0v) is 8.55. The summed E-state index contributed by atoms with van der Waals surface area (Å²) in [5.74, 6) is 0.997. The minimum Gasteiger partial charge on any atom is -0.298 e. The lowest BCUT2D eigenvalue weighted by Crippen LogP contribution is -2.51. The zero-order chi connectivity index (χ0) is 9.35. The van der Waals surface area contributed by atoms with Crippen LogP contribution in [-0.2, 0) is 4.79 Å². The van der Waals surface area contributed by atoms with E-state index < -0.39 is 0 Å². The highest BCUT2D eigenvalue weighted by molar-refractivity contribution is 5.88. The van der Waals surface area contributed by atoms with Gasteiger partial charge in [-0.15, -0.1) is 0 Å². The second-order valence-electron chi connectivity index (χ2n) is 4.44. The monoisotopic (exact) mass is 169 g/mol. The van der Waals surface area contributed by atoms with Gasteiger partial charge in [-0.3, -0.25) is 9.69 Å². The van der Waals surface area contributed by atoms with E-state index in [2.05, 4.69) is 18.7 Å². The van der Waals surface area contributed by atoms with Crippen molar-refractivity contribution >= 4 is 5.78 Å². The molecule has 0 aromatic heterocycles. The van der Waals surface area contributed by atoms with Crippen molar-refractivity contribution in [2.24, 2.45) is 5.92 Å². The third-order valence-corrected chi connectivity index (χ3v) is 3.25. The van der Waals surface area contributed by atoms with Crippen LogP contribution < -0.4 is 0 Å². The highest BCUT2D eigenvalue weighted by atomic mass is 16.1. The van der Waals surface area contributed by atoms with E-state index in [0.717, 1.165) is 12.8 Å². The van der Waals surface area contributed by atoms with Gasteiger partial charge in [-0.2, -0.15) is 0 Å². The van der Waals surface area contributed by atoms with E-state index in [-0.39, 0.29) is 5.54 Å². The molecule has 0 radical (unpaired) electrons. The fourth-order valence-corrected chi connectivity index (χ4v) is 1.78. The summed E-state index contributed by atoms with van der Waals surface area (Å²) in [7, 11) is 3.99. The molecule has 1 aliphatic rings. The lowest BCUT2D eigenvalue weighted by molar-refractivity contribution is -0.132. The van der Waals surface area contributed by atoms with Crippen molar-refractivity contribution in [2.45, 2.75) is 38.6 Å². The quantitative estimate of drug-likeness (QED) is 0.595. The first-order valence-electron chi connectivity index (χ1n) is 4.67. The van der Waals surface area contributed by atoms with Gasteiger partial charge in [0.15, 0.2) is 5.78 Å². The SMILES string of the molecule is CC1CCC(C)(N(C)C)C(=O)C1. The second-order valence-corrected chi connectivity index (χ2v) is 4.44. The van der Waals surface area contributed by atoms with E-state index >= 15 is 0 Å². The summed E-state index contributed by atoms with van der Waals surface area (Å²) >= 11 is 0. The predicted molar refractivity (Wildman–Crippen MR) is 50.1 cm³/mol. The molecule has 0 saturated heterocycles. The lowest BCUT2D eigenvalue weighted by Gasteiger charge is -2.39. The number of nitrogens with zero attached hydrogens (tertiary/aromatic N) is 1. The number of ketones is 1. The average molecular weight is 169 g/mol. The average Bonchev–Trinajstić information content (AvgIpc) is 1.97. The summed E-state index contributed by atoms with van der Waals surface area (Å²) in [6.45, 7) is 4.22. The molecule has 70 valence electrons. The minimum absolute atomic E-state index is 0.188. The number of rotatable bonds is 1.